The molecule has 4 nitrogen and oxygen atoms in total. The lowest BCUT2D eigenvalue weighted by molar-refractivity contribution is 0.0697. The maximum Gasteiger partial charge on any atom is 0.335 e. The second-order valence-corrected chi connectivity index (χ2v) is 7.41. The molecule has 142 valence electrons. The van der Waals surface area contributed by atoms with Gasteiger partial charge in [0.25, 0.3) is 5.56 Å². The zero-order valence-corrected chi connectivity index (χ0v) is 17.0. The van der Waals surface area contributed by atoms with Crippen LogP contribution in [0, 0.1) is 6.92 Å². The summed E-state index contributed by atoms with van der Waals surface area (Å²) in [7, 11) is 0. The van der Waals surface area contributed by atoms with Crippen LogP contribution in [0.1, 0.15) is 32.7 Å². The van der Waals surface area contributed by atoms with Crippen LogP contribution in [0.25, 0.3) is 12.2 Å². The quantitative estimate of drug-likeness (QED) is 0.587. The highest BCUT2D eigenvalue weighted by Crippen LogP contribution is 2.19. The smallest absolute Gasteiger partial charge is 0.335 e. The average Bonchev–Trinajstić information content (AvgIpc) is 2.68. The molecule has 0 saturated carbocycles. The van der Waals surface area contributed by atoms with E-state index in [1.807, 2.05) is 37.3 Å². The van der Waals surface area contributed by atoms with Crippen molar-refractivity contribution in [1.29, 1.82) is 0 Å². The number of carboxylic acid groups (broad SMARTS) is 1. The molecule has 0 bridgehead atoms. The Balaban J connectivity index is 1.85. The van der Waals surface area contributed by atoms with Crippen molar-refractivity contribution in [3.63, 3.8) is 0 Å². The lowest BCUT2D eigenvalue weighted by atomic mass is 10.1. The molecule has 0 fully saturated rings. The molecule has 0 aliphatic heterocycles. The van der Waals surface area contributed by atoms with Gasteiger partial charge in [0.1, 0.15) is 0 Å². The topological polar surface area (TPSA) is 59.3 Å². The summed E-state index contributed by atoms with van der Waals surface area (Å²) in [5.41, 5.74) is 4.21. The predicted octanol–water partition coefficient (Wildman–Crippen LogP) is 5.03. The number of aryl methyl sites for hydroxylation is 2. The van der Waals surface area contributed by atoms with Gasteiger partial charge < -0.3 is 9.67 Å². The minimum atomic E-state index is -0.946. The number of pyridine rings is 1. The molecule has 1 heterocycles. The zero-order chi connectivity index (χ0) is 20.1. The summed E-state index contributed by atoms with van der Waals surface area (Å²) in [4.78, 5) is 23.4. The number of rotatable bonds is 6. The molecule has 0 unspecified atom stereocenters. The normalized spacial score (nSPS) is 11.1. The predicted molar refractivity (Wildman–Crippen MR) is 116 cm³/mol. The maximum atomic E-state index is 12.5. The molecule has 3 rings (SSSR count). The van der Waals surface area contributed by atoms with Crippen LogP contribution in [0.5, 0.6) is 0 Å². The lowest BCUT2D eigenvalue weighted by Crippen LogP contribution is -2.22. The molecule has 5 heteroatoms. The summed E-state index contributed by atoms with van der Waals surface area (Å²) in [5, 5.41) is 9.00. The molecule has 0 aliphatic rings. The second-order valence-electron chi connectivity index (χ2n) is 6.56. The Bertz CT molecular complexity index is 1080. The molecular weight excluding hydrogens is 418 g/mol. The van der Waals surface area contributed by atoms with Crippen LogP contribution >= 0.6 is 15.9 Å². The van der Waals surface area contributed by atoms with E-state index >= 15 is 0 Å². The third-order valence-electron chi connectivity index (χ3n) is 4.47. The van der Waals surface area contributed by atoms with Crippen molar-refractivity contribution >= 4 is 34.1 Å². The second kappa shape index (κ2) is 8.85. The number of aromatic nitrogens is 1. The minimum Gasteiger partial charge on any atom is -0.478 e. The van der Waals surface area contributed by atoms with Crippen molar-refractivity contribution in [1.82, 2.24) is 4.57 Å². The van der Waals surface area contributed by atoms with E-state index in [0.29, 0.717) is 13.0 Å². The number of aromatic carboxylic acids is 1. The van der Waals surface area contributed by atoms with Gasteiger partial charge in [-0.2, -0.15) is 0 Å². The molecule has 28 heavy (non-hydrogen) atoms. The molecule has 0 spiro atoms. The number of nitrogens with zero attached hydrogens (tertiary/aromatic N) is 1. The standard InChI is InChI=1S/C23H20BrNO3/c1-16-3-2-4-18(15-16)7-11-21-20(24)10-12-22(26)25(21)14-13-17-5-8-19(9-6-17)23(27)28/h2-12,15H,13-14H2,1H3,(H,27,28)/b11-7+. The summed E-state index contributed by atoms with van der Waals surface area (Å²) in [6.07, 6.45) is 4.56. The van der Waals surface area contributed by atoms with E-state index < -0.39 is 5.97 Å². The first-order valence-corrected chi connectivity index (χ1v) is 9.69. The highest BCUT2D eigenvalue weighted by atomic mass is 79.9. The minimum absolute atomic E-state index is 0.0748. The highest BCUT2D eigenvalue weighted by molar-refractivity contribution is 9.10. The molecule has 3 aromatic rings. The van der Waals surface area contributed by atoms with Gasteiger partial charge in [-0.1, -0.05) is 48.0 Å². The van der Waals surface area contributed by atoms with Gasteiger partial charge in [-0.15, -0.1) is 0 Å². The van der Waals surface area contributed by atoms with Crippen molar-refractivity contribution < 1.29 is 9.90 Å². The monoisotopic (exact) mass is 437 g/mol. The molecule has 0 atom stereocenters. The van der Waals surface area contributed by atoms with E-state index in [4.69, 9.17) is 5.11 Å². The van der Waals surface area contributed by atoms with Crippen LogP contribution in [-0.4, -0.2) is 15.6 Å². The summed E-state index contributed by atoms with van der Waals surface area (Å²) < 4.78 is 2.57. The van der Waals surface area contributed by atoms with Crippen molar-refractivity contribution in [3.8, 4) is 0 Å². The van der Waals surface area contributed by atoms with E-state index in [1.165, 1.54) is 5.56 Å². The summed E-state index contributed by atoms with van der Waals surface area (Å²) in [5.74, 6) is -0.946. The number of halogens is 1. The number of hydrogen-bond acceptors (Lipinski definition) is 2. The van der Waals surface area contributed by atoms with Gasteiger partial charge in [0.2, 0.25) is 0 Å². The fraction of sp³-hybridized carbons (Fsp3) is 0.130. The number of carboxylic acids is 1. The first kappa shape index (κ1) is 19.8. The summed E-state index contributed by atoms with van der Waals surface area (Å²) >= 11 is 3.54. The van der Waals surface area contributed by atoms with E-state index in [2.05, 4.69) is 22.0 Å². The van der Waals surface area contributed by atoms with Crippen molar-refractivity contribution in [2.45, 2.75) is 19.9 Å². The molecule has 0 amide bonds. The maximum absolute atomic E-state index is 12.5. The van der Waals surface area contributed by atoms with Crippen LogP contribution in [-0.2, 0) is 13.0 Å². The van der Waals surface area contributed by atoms with E-state index in [9.17, 15) is 9.59 Å². The van der Waals surface area contributed by atoms with Crippen LogP contribution in [0.2, 0.25) is 0 Å². The first-order valence-electron chi connectivity index (χ1n) is 8.90. The molecule has 0 saturated heterocycles. The van der Waals surface area contributed by atoms with E-state index in [0.717, 1.165) is 21.3 Å². The number of benzene rings is 2. The lowest BCUT2D eigenvalue weighted by Gasteiger charge is -2.12. The van der Waals surface area contributed by atoms with Gasteiger partial charge in [-0.3, -0.25) is 4.79 Å². The third kappa shape index (κ3) is 4.87. The van der Waals surface area contributed by atoms with Crippen molar-refractivity contribution in [3.05, 3.63) is 103 Å². The van der Waals surface area contributed by atoms with Gasteiger partial charge in [0.05, 0.1) is 11.3 Å². The van der Waals surface area contributed by atoms with Crippen LogP contribution < -0.4 is 5.56 Å². The Morgan fingerprint density at radius 1 is 1.07 bits per heavy atom. The van der Waals surface area contributed by atoms with Gasteiger partial charge in [-0.25, -0.2) is 4.79 Å². The molecule has 0 radical (unpaired) electrons. The number of hydrogen-bond donors (Lipinski definition) is 1. The van der Waals surface area contributed by atoms with Gasteiger partial charge in [0.15, 0.2) is 0 Å². The summed E-state index contributed by atoms with van der Waals surface area (Å²) in [6.45, 7) is 2.54. The Labute approximate surface area is 171 Å². The third-order valence-corrected chi connectivity index (χ3v) is 5.15. The van der Waals surface area contributed by atoms with Crippen LogP contribution in [0.3, 0.4) is 0 Å². The molecule has 2 aromatic carbocycles. The fourth-order valence-corrected chi connectivity index (χ4v) is 3.45. The summed E-state index contributed by atoms with van der Waals surface area (Å²) in [6, 6.07) is 18.2. The van der Waals surface area contributed by atoms with Crippen molar-refractivity contribution in [2.75, 3.05) is 0 Å². The molecule has 1 aromatic heterocycles. The molecular formula is C23H20BrNO3. The average molecular weight is 438 g/mol. The Morgan fingerprint density at radius 3 is 2.50 bits per heavy atom. The zero-order valence-electron chi connectivity index (χ0n) is 15.4. The van der Waals surface area contributed by atoms with Crippen LogP contribution in [0.15, 0.2) is 69.9 Å². The van der Waals surface area contributed by atoms with Crippen LogP contribution in [0.4, 0.5) is 0 Å². The van der Waals surface area contributed by atoms with Gasteiger partial charge in [-0.05, 0) is 64.7 Å². The van der Waals surface area contributed by atoms with Gasteiger partial charge >= 0.3 is 5.97 Å². The first-order chi connectivity index (χ1) is 13.4. The largest absolute Gasteiger partial charge is 0.478 e. The number of carbonyl (C=O) groups is 1. The van der Waals surface area contributed by atoms with E-state index in [1.54, 1.807) is 41.0 Å². The van der Waals surface area contributed by atoms with E-state index in [-0.39, 0.29) is 11.1 Å². The molecule has 0 aliphatic carbocycles. The Kier molecular flexibility index (Phi) is 6.26. The Hall–Kier alpha value is -2.92. The highest BCUT2D eigenvalue weighted by Gasteiger charge is 2.07. The fourth-order valence-electron chi connectivity index (χ4n) is 2.97. The van der Waals surface area contributed by atoms with Gasteiger partial charge in [0, 0.05) is 17.1 Å². The molecule has 1 N–H and O–H groups in total. The SMILES string of the molecule is Cc1cccc(/C=C/c2c(Br)ccc(=O)n2CCc2ccc(C(=O)O)cc2)c1. The Morgan fingerprint density at radius 2 is 1.82 bits per heavy atom. The van der Waals surface area contributed by atoms with Crippen molar-refractivity contribution in [2.24, 2.45) is 0 Å².